The Bertz CT molecular complexity index is 815. The highest BCUT2D eigenvalue weighted by Gasteiger charge is 2.41. The molecule has 0 saturated heterocycles. The zero-order chi connectivity index (χ0) is 24.9. The number of nitrogens with zero attached hydrogens (tertiary/aromatic N) is 1. The summed E-state index contributed by atoms with van der Waals surface area (Å²) in [6.45, 7) is 17.1. The van der Waals surface area contributed by atoms with Crippen LogP contribution in [0.4, 0.5) is 0 Å². The molecule has 4 atom stereocenters. The maximum absolute atomic E-state index is 14.0. The maximum atomic E-state index is 14.0. The Labute approximate surface area is 201 Å². The molecule has 0 spiro atoms. The van der Waals surface area contributed by atoms with Crippen molar-refractivity contribution in [2.75, 3.05) is 7.11 Å². The Morgan fingerprint density at radius 2 is 1.94 bits per heavy atom. The van der Waals surface area contributed by atoms with Gasteiger partial charge in [0, 0.05) is 11.1 Å². The maximum Gasteiger partial charge on any atom is 0.266 e. The van der Waals surface area contributed by atoms with E-state index in [1.807, 2.05) is 13.0 Å². The van der Waals surface area contributed by atoms with E-state index in [0.717, 1.165) is 42.6 Å². The monoisotopic (exact) mass is 458 g/mol. The van der Waals surface area contributed by atoms with Crippen LogP contribution in [0.5, 0.6) is 0 Å². The number of ether oxygens (including phenoxy) is 1. The summed E-state index contributed by atoms with van der Waals surface area (Å²) < 4.78 is 5.54. The average molecular weight is 459 g/mol. The van der Waals surface area contributed by atoms with E-state index < -0.39 is 0 Å². The van der Waals surface area contributed by atoms with Crippen LogP contribution < -0.4 is 5.43 Å². The molecule has 0 aromatic carbocycles. The number of hydrogen-bond acceptors (Lipinski definition) is 3. The summed E-state index contributed by atoms with van der Waals surface area (Å²) in [5.41, 5.74) is 5.85. The molecule has 2 amide bonds. The molecule has 0 saturated carbocycles. The van der Waals surface area contributed by atoms with Gasteiger partial charge in [-0.05, 0) is 62.4 Å². The molecule has 33 heavy (non-hydrogen) atoms. The van der Waals surface area contributed by atoms with Gasteiger partial charge >= 0.3 is 0 Å². The molecule has 0 radical (unpaired) electrons. The zero-order valence-corrected chi connectivity index (χ0v) is 22.4. The first-order chi connectivity index (χ1) is 15.4. The molecule has 1 N–H and O–H groups in total. The number of amides is 2. The topological polar surface area (TPSA) is 58.6 Å². The standard InChI is InChI=1S/C28H46N2O3/c1-10-20(5)25(28(6,7)8)30(27(32)21-16-18(3)15-19(4)17-21)29-26(31)23-13-12-14-24(33-9)22(23)11-2/h14,16,19-21,25H,10-13,15,17H2,1-9H3,(H,29,31)/t19?,20-,21?,25-/m1/s1. The highest BCUT2D eigenvalue weighted by molar-refractivity contribution is 5.96. The number of carbonyl (C=O) groups excluding carboxylic acids is 2. The molecule has 0 fully saturated rings. The van der Waals surface area contributed by atoms with Crippen LogP contribution in [-0.2, 0) is 14.3 Å². The molecule has 5 heteroatoms. The number of rotatable bonds is 7. The molecule has 0 bridgehead atoms. The SMILES string of the molecule is CCC1=C(C(=O)NN(C(=O)C2C=C(C)CC(C)C2)[C@H]([C@H](C)CC)C(C)(C)C)CCC=C1OC. The lowest BCUT2D eigenvalue weighted by Crippen LogP contribution is -2.60. The number of carbonyl (C=O) groups is 2. The Balaban J connectivity index is 2.49. The van der Waals surface area contributed by atoms with Crippen molar-refractivity contribution in [2.24, 2.45) is 23.2 Å². The van der Waals surface area contributed by atoms with E-state index in [0.29, 0.717) is 18.8 Å². The summed E-state index contributed by atoms with van der Waals surface area (Å²) in [6.07, 6.45) is 9.08. The van der Waals surface area contributed by atoms with Gasteiger partial charge in [-0.3, -0.25) is 15.0 Å². The first-order valence-electron chi connectivity index (χ1n) is 12.7. The van der Waals surface area contributed by atoms with Gasteiger partial charge in [0.1, 0.15) is 5.76 Å². The third-order valence-corrected chi connectivity index (χ3v) is 7.17. The van der Waals surface area contributed by atoms with Gasteiger partial charge in [0.25, 0.3) is 5.91 Å². The number of methoxy groups -OCH3 is 1. The second-order valence-corrected chi connectivity index (χ2v) is 11.1. The Morgan fingerprint density at radius 3 is 2.45 bits per heavy atom. The smallest absolute Gasteiger partial charge is 0.266 e. The summed E-state index contributed by atoms with van der Waals surface area (Å²) in [5.74, 6) is 1.10. The van der Waals surface area contributed by atoms with E-state index in [2.05, 4.69) is 60.0 Å². The van der Waals surface area contributed by atoms with Crippen molar-refractivity contribution in [3.05, 3.63) is 34.6 Å². The molecule has 2 aliphatic carbocycles. The van der Waals surface area contributed by atoms with Gasteiger partial charge in [0.2, 0.25) is 5.91 Å². The molecule has 0 aromatic heterocycles. The van der Waals surface area contributed by atoms with Crippen molar-refractivity contribution in [1.29, 1.82) is 0 Å². The second-order valence-electron chi connectivity index (χ2n) is 11.1. The van der Waals surface area contributed by atoms with E-state index in [4.69, 9.17) is 4.74 Å². The average Bonchev–Trinajstić information content (AvgIpc) is 2.75. The predicted molar refractivity (Wildman–Crippen MR) is 135 cm³/mol. The molecular formula is C28H46N2O3. The molecule has 5 nitrogen and oxygen atoms in total. The lowest BCUT2D eigenvalue weighted by Gasteiger charge is -2.45. The first kappa shape index (κ1) is 27.2. The quantitative estimate of drug-likeness (QED) is 0.358. The van der Waals surface area contributed by atoms with Crippen LogP contribution in [0.1, 0.15) is 93.9 Å². The summed E-state index contributed by atoms with van der Waals surface area (Å²) in [4.78, 5) is 27.6. The first-order valence-corrected chi connectivity index (χ1v) is 12.7. The Hall–Kier alpha value is -2.04. The van der Waals surface area contributed by atoms with Crippen LogP contribution in [-0.4, -0.2) is 30.0 Å². The predicted octanol–water partition coefficient (Wildman–Crippen LogP) is 6.33. The number of nitrogens with one attached hydrogen (secondary N) is 1. The van der Waals surface area contributed by atoms with Gasteiger partial charge in [-0.25, -0.2) is 5.01 Å². The van der Waals surface area contributed by atoms with Crippen molar-refractivity contribution in [1.82, 2.24) is 10.4 Å². The van der Waals surface area contributed by atoms with Crippen molar-refractivity contribution in [3.8, 4) is 0 Å². The second kappa shape index (κ2) is 11.4. The molecule has 186 valence electrons. The van der Waals surface area contributed by atoms with E-state index in [-0.39, 0.29) is 35.1 Å². The summed E-state index contributed by atoms with van der Waals surface area (Å²) in [6, 6.07) is -0.114. The van der Waals surface area contributed by atoms with Gasteiger partial charge < -0.3 is 4.74 Å². The molecule has 0 aliphatic heterocycles. The minimum absolute atomic E-state index is 0.00596. The molecule has 0 heterocycles. The third kappa shape index (κ3) is 6.51. The minimum Gasteiger partial charge on any atom is -0.497 e. The Kier molecular flexibility index (Phi) is 9.39. The minimum atomic E-state index is -0.205. The number of hydrogen-bond donors (Lipinski definition) is 1. The van der Waals surface area contributed by atoms with Gasteiger partial charge in [-0.15, -0.1) is 0 Å². The van der Waals surface area contributed by atoms with Crippen LogP contribution in [0, 0.1) is 23.2 Å². The fourth-order valence-corrected chi connectivity index (χ4v) is 5.67. The van der Waals surface area contributed by atoms with Gasteiger partial charge in [-0.2, -0.15) is 0 Å². The molecule has 2 aliphatic rings. The number of hydrazine groups is 1. The van der Waals surface area contributed by atoms with E-state index >= 15 is 0 Å². The van der Waals surface area contributed by atoms with Crippen LogP contribution >= 0.6 is 0 Å². The van der Waals surface area contributed by atoms with Crippen LogP contribution in [0.25, 0.3) is 0 Å². The Morgan fingerprint density at radius 1 is 1.27 bits per heavy atom. The molecule has 2 rings (SSSR count). The van der Waals surface area contributed by atoms with Crippen LogP contribution in [0.15, 0.2) is 34.6 Å². The van der Waals surface area contributed by atoms with Gasteiger partial charge in [-0.1, -0.05) is 66.5 Å². The van der Waals surface area contributed by atoms with Gasteiger partial charge in [0.15, 0.2) is 0 Å². The molecular weight excluding hydrogens is 412 g/mol. The molecule has 2 unspecified atom stereocenters. The lowest BCUT2D eigenvalue weighted by molar-refractivity contribution is -0.151. The summed E-state index contributed by atoms with van der Waals surface area (Å²) >= 11 is 0. The van der Waals surface area contributed by atoms with Crippen molar-refractivity contribution < 1.29 is 14.3 Å². The van der Waals surface area contributed by atoms with Crippen LogP contribution in [0.3, 0.4) is 0 Å². The van der Waals surface area contributed by atoms with E-state index in [1.54, 1.807) is 12.1 Å². The normalized spacial score (nSPS) is 23.3. The zero-order valence-electron chi connectivity index (χ0n) is 22.4. The van der Waals surface area contributed by atoms with Gasteiger partial charge in [0.05, 0.1) is 19.1 Å². The molecule has 0 aromatic rings. The third-order valence-electron chi connectivity index (χ3n) is 7.17. The lowest BCUT2D eigenvalue weighted by atomic mass is 9.77. The highest BCUT2D eigenvalue weighted by atomic mass is 16.5. The number of allylic oxidation sites excluding steroid dienone is 3. The summed E-state index contributed by atoms with van der Waals surface area (Å²) in [7, 11) is 1.65. The van der Waals surface area contributed by atoms with E-state index in [9.17, 15) is 9.59 Å². The fraction of sp³-hybridized carbons (Fsp3) is 0.714. The highest BCUT2D eigenvalue weighted by Crippen LogP contribution is 2.35. The largest absolute Gasteiger partial charge is 0.497 e. The van der Waals surface area contributed by atoms with E-state index in [1.165, 1.54) is 5.57 Å². The summed E-state index contributed by atoms with van der Waals surface area (Å²) in [5, 5.41) is 1.70. The van der Waals surface area contributed by atoms with Crippen molar-refractivity contribution in [2.45, 2.75) is 100.0 Å². The van der Waals surface area contributed by atoms with Crippen molar-refractivity contribution in [3.63, 3.8) is 0 Å². The van der Waals surface area contributed by atoms with Crippen molar-refractivity contribution >= 4 is 11.8 Å². The van der Waals surface area contributed by atoms with Crippen LogP contribution in [0.2, 0.25) is 0 Å². The fourth-order valence-electron chi connectivity index (χ4n) is 5.67.